The predicted octanol–water partition coefficient (Wildman–Crippen LogP) is 3.76. The zero-order chi connectivity index (χ0) is 23.4. The third-order valence-corrected chi connectivity index (χ3v) is 7.04. The van der Waals surface area contributed by atoms with Crippen molar-refractivity contribution in [1.29, 1.82) is 0 Å². The fraction of sp³-hybridized carbons (Fsp3) is 0.308. The fourth-order valence-corrected chi connectivity index (χ4v) is 5.42. The molecule has 2 atom stereocenters. The van der Waals surface area contributed by atoms with Gasteiger partial charge < -0.3 is 14.2 Å². The molecule has 6 heterocycles. The van der Waals surface area contributed by atoms with Gasteiger partial charge in [0.2, 0.25) is 0 Å². The second-order valence-corrected chi connectivity index (χ2v) is 9.30. The lowest BCUT2D eigenvalue weighted by molar-refractivity contribution is 0.0785. The van der Waals surface area contributed by atoms with Gasteiger partial charge in [0.15, 0.2) is 0 Å². The number of carbonyl (C=O) groups excluding carboxylic acids is 1. The van der Waals surface area contributed by atoms with Crippen molar-refractivity contribution in [3.8, 4) is 11.3 Å². The fourth-order valence-electron chi connectivity index (χ4n) is 5.42. The zero-order valence-electron chi connectivity index (χ0n) is 19.1. The quantitative estimate of drug-likeness (QED) is 0.470. The van der Waals surface area contributed by atoms with E-state index in [-0.39, 0.29) is 11.6 Å². The molecule has 0 spiro atoms. The summed E-state index contributed by atoms with van der Waals surface area (Å²) in [5, 5.41) is 0. The molecule has 2 unspecified atom stereocenters. The van der Waals surface area contributed by atoms with Gasteiger partial charge in [-0.25, -0.2) is 9.37 Å². The van der Waals surface area contributed by atoms with E-state index in [0.717, 1.165) is 35.8 Å². The average Bonchev–Trinajstić information content (AvgIpc) is 3.52. The highest BCUT2D eigenvalue weighted by atomic mass is 19.1. The minimum atomic E-state index is -0.434. The Bertz CT molecular complexity index is 1400. The van der Waals surface area contributed by atoms with Crippen LogP contribution in [0.15, 0.2) is 55.1 Å². The molecule has 0 radical (unpaired) electrons. The van der Waals surface area contributed by atoms with Gasteiger partial charge >= 0.3 is 0 Å². The Morgan fingerprint density at radius 1 is 1.03 bits per heavy atom. The predicted molar refractivity (Wildman–Crippen MR) is 127 cm³/mol. The maximum atomic E-state index is 14.7. The molecule has 1 amide bonds. The molecular formula is C26H25FN6O. The lowest BCUT2D eigenvalue weighted by Gasteiger charge is -2.23. The first-order valence-corrected chi connectivity index (χ1v) is 11.5. The van der Waals surface area contributed by atoms with E-state index in [0.29, 0.717) is 36.1 Å². The lowest BCUT2D eigenvalue weighted by atomic mass is 10.0. The van der Waals surface area contributed by atoms with Crippen LogP contribution in [-0.4, -0.2) is 56.3 Å². The van der Waals surface area contributed by atoms with Gasteiger partial charge in [0.25, 0.3) is 5.91 Å². The highest BCUT2D eigenvalue weighted by Crippen LogP contribution is 2.37. The van der Waals surface area contributed by atoms with Gasteiger partial charge in [0.05, 0.1) is 22.5 Å². The van der Waals surface area contributed by atoms with Crippen LogP contribution in [0, 0.1) is 31.5 Å². The van der Waals surface area contributed by atoms with Crippen LogP contribution in [-0.2, 0) is 0 Å². The van der Waals surface area contributed by atoms with E-state index in [4.69, 9.17) is 4.98 Å². The molecule has 8 heteroatoms. The van der Waals surface area contributed by atoms with E-state index in [9.17, 15) is 9.18 Å². The van der Waals surface area contributed by atoms with E-state index in [2.05, 4.69) is 14.9 Å². The molecule has 7 nitrogen and oxygen atoms in total. The van der Waals surface area contributed by atoms with Crippen molar-refractivity contribution in [3.63, 3.8) is 0 Å². The molecule has 0 saturated carbocycles. The van der Waals surface area contributed by atoms with Crippen LogP contribution < -0.4 is 4.90 Å². The number of fused-ring (bicyclic) bond motifs is 2. The lowest BCUT2D eigenvalue weighted by Crippen LogP contribution is -2.34. The van der Waals surface area contributed by atoms with Crippen molar-refractivity contribution >= 4 is 17.2 Å². The molecule has 172 valence electrons. The maximum absolute atomic E-state index is 14.7. The third kappa shape index (κ3) is 3.32. The van der Waals surface area contributed by atoms with Crippen molar-refractivity contribution in [2.45, 2.75) is 13.8 Å². The zero-order valence-corrected chi connectivity index (χ0v) is 19.1. The smallest absolute Gasteiger partial charge is 0.256 e. The number of anilines is 1. The summed E-state index contributed by atoms with van der Waals surface area (Å²) in [5.74, 6) is 1.18. The van der Waals surface area contributed by atoms with Gasteiger partial charge in [-0.3, -0.25) is 14.8 Å². The standard InChI is InChI=1S/C26H25FN6O/c1-16-10-29-17(2)25(30-16)32-11-18-13-33(14-19(18)12-32)26(34)23-20(24-21(27)6-5-8-28-24)15-31-9-4-3-7-22(23)31/h3-10,15,18-19H,11-14H2,1-2H3. The molecule has 6 rings (SSSR count). The molecule has 0 aromatic carbocycles. The van der Waals surface area contributed by atoms with Crippen molar-refractivity contribution < 1.29 is 9.18 Å². The van der Waals surface area contributed by atoms with Crippen LogP contribution in [0.2, 0.25) is 0 Å². The number of amides is 1. The Morgan fingerprint density at radius 2 is 1.82 bits per heavy atom. The van der Waals surface area contributed by atoms with E-state index in [1.165, 1.54) is 6.07 Å². The van der Waals surface area contributed by atoms with Crippen molar-refractivity contribution in [2.24, 2.45) is 11.8 Å². The van der Waals surface area contributed by atoms with Gasteiger partial charge in [0, 0.05) is 68.4 Å². The summed E-state index contributed by atoms with van der Waals surface area (Å²) in [7, 11) is 0. The molecule has 2 aliphatic rings. The Hall–Kier alpha value is -3.81. The van der Waals surface area contributed by atoms with Crippen molar-refractivity contribution in [1.82, 2.24) is 24.3 Å². The number of hydrogen-bond acceptors (Lipinski definition) is 5. The highest BCUT2D eigenvalue weighted by Gasteiger charge is 2.43. The average molecular weight is 457 g/mol. The monoisotopic (exact) mass is 456 g/mol. The normalized spacial score (nSPS) is 19.7. The van der Waals surface area contributed by atoms with Crippen LogP contribution >= 0.6 is 0 Å². The van der Waals surface area contributed by atoms with Crippen molar-refractivity contribution in [2.75, 3.05) is 31.1 Å². The molecule has 2 aliphatic heterocycles. The van der Waals surface area contributed by atoms with Crippen LogP contribution in [0.5, 0.6) is 0 Å². The number of rotatable bonds is 3. The number of aryl methyl sites for hydroxylation is 2. The highest BCUT2D eigenvalue weighted by molar-refractivity contribution is 6.07. The topological polar surface area (TPSA) is 66.6 Å². The summed E-state index contributed by atoms with van der Waals surface area (Å²) in [6.07, 6.45) is 7.02. The SMILES string of the molecule is Cc1cnc(C)c(N2CC3CN(C(=O)c4c(-c5ncccc5F)cn5ccccc45)CC3C2)n1. The Labute approximate surface area is 196 Å². The number of hydrogen-bond donors (Lipinski definition) is 0. The first-order valence-electron chi connectivity index (χ1n) is 11.5. The Balaban J connectivity index is 1.30. The molecule has 4 aromatic rings. The maximum Gasteiger partial charge on any atom is 0.256 e. The second kappa shape index (κ2) is 7.90. The summed E-state index contributed by atoms with van der Waals surface area (Å²) in [6.45, 7) is 7.00. The summed E-state index contributed by atoms with van der Waals surface area (Å²) >= 11 is 0. The van der Waals surface area contributed by atoms with Crippen molar-refractivity contribution in [3.05, 3.63) is 77.9 Å². The minimum absolute atomic E-state index is 0.0683. The molecule has 2 fully saturated rings. The number of pyridine rings is 2. The van der Waals surface area contributed by atoms with Gasteiger partial charge in [-0.05, 0) is 38.1 Å². The molecular weight excluding hydrogens is 431 g/mol. The van der Waals surface area contributed by atoms with E-state index in [1.54, 1.807) is 24.7 Å². The van der Waals surface area contributed by atoms with E-state index >= 15 is 0 Å². The number of halogens is 1. The Morgan fingerprint density at radius 3 is 2.59 bits per heavy atom. The van der Waals surface area contributed by atoms with Gasteiger partial charge in [-0.2, -0.15) is 0 Å². The van der Waals surface area contributed by atoms with Crippen LogP contribution in [0.4, 0.5) is 10.2 Å². The first-order chi connectivity index (χ1) is 16.5. The number of carbonyl (C=O) groups is 1. The minimum Gasteiger partial charge on any atom is -0.354 e. The number of aromatic nitrogens is 4. The largest absolute Gasteiger partial charge is 0.354 e. The third-order valence-electron chi connectivity index (χ3n) is 7.04. The van der Waals surface area contributed by atoms with Crippen LogP contribution in [0.1, 0.15) is 21.7 Å². The summed E-state index contributed by atoms with van der Waals surface area (Å²) < 4.78 is 16.5. The molecule has 2 saturated heterocycles. The molecule has 4 aromatic heterocycles. The summed E-state index contributed by atoms with van der Waals surface area (Å²) in [6, 6.07) is 8.63. The van der Waals surface area contributed by atoms with Gasteiger partial charge in [-0.15, -0.1) is 0 Å². The van der Waals surface area contributed by atoms with E-state index in [1.807, 2.05) is 47.5 Å². The molecule has 34 heavy (non-hydrogen) atoms. The van der Waals surface area contributed by atoms with Gasteiger partial charge in [-0.1, -0.05) is 6.07 Å². The van der Waals surface area contributed by atoms with Crippen LogP contribution in [0.25, 0.3) is 16.8 Å². The van der Waals surface area contributed by atoms with E-state index < -0.39 is 5.82 Å². The molecule has 0 bridgehead atoms. The summed E-state index contributed by atoms with van der Waals surface area (Å²) in [5.41, 5.74) is 3.84. The molecule has 0 aliphatic carbocycles. The molecule has 0 N–H and O–H groups in total. The summed E-state index contributed by atoms with van der Waals surface area (Å²) in [4.78, 5) is 31.5. The van der Waals surface area contributed by atoms with Crippen LogP contribution in [0.3, 0.4) is 0 Å². The Kier molecular flexibility index (Phi) is 4.83. The second-order valence-electron chi connectivity index (χ2n) is 9.30. The van der Waals surface area contributed by atoms with Gasteiger partial charge in [0.1, 0.15) is 17.3 Å². The number of likely N-dealkylation sites (tertiary alicyclic amines) is 1. The number of nitrogens with zero attached hydrogens (tertiary/aromatic N) is 6. The first kappa shape index (κ1) is 20.8.